The Balaban J connectivity index is 1.69. The van der Waals surface area contributed by atoms with Gasteiger partial charge >= 0.3 is 6.18 Å². The van der Waals surface area contributed by atoms with E-state index in [1.54, 1.807) is 12.1 Å². The van der Waals surface area contributed by atoms with Gasteiger partial charge in [0.05, 0.1) is 5.56 Å². The molecule has 1 aromatic rings. The highest BCUT2D eigenvalue weighted by molar-refractivity contribution is 5.24. The zero-order valence-corrected chi connectivity index (χ0v) is 12.5. The molecule has 118 valence electrons. The quantitative estimate of drug-likeness (QED) is 0.753. The molecule has 1 fully saturated rings. The molecule has 1 aliphatic rings. The smallest absolute Gasteiger partial charge is 0.313 e. The van der Waals surface area contributed by atoms with E-state index in [2.05, 4.69) is 12.2 Å². The number of hydrogen-bond donors (Lipinski definition) is 1. The normalized spacial score (nSPS) is 23.2. The fourth-order valence-electron chi connectivity index (χ4n) is 3.17. The molecule has 0 bridgehead atoms. The van der Waals surface area contributed by atoms with Gasteiger partial charge in [-0.1, -0.05) is 38.3 Å². The molecule has 21 heavy (non-hydrogen) atoms. The highest BCUT2D eigenvalue weighted by Crippen LogP contribution is 2.30. The van der Waals surface area contributed by atoms with E-state index < -0.39 is 11.7 Å². The SMILES string of the molecule is CC1CCCC(CCNCc2ccc(C(F)(F)F)cc2)C1. The first-order valence-electron chi connectivity index (χ1n) is 7.82. The lowest BCUT2D eigenvalue weighted by atomic mass is 9.81. The number of hydrogen-bond acceptors (Lipinski definition) is 1. The lowest BCUT2D eigenvalue weighted by Gasteiger charge is -2.26. The minimum absolute atomic E-state index is 0.581. The van der Waals surface area contributed by atoms with E-state index in [1.807, 2.05) is 0 Å². The average molecular weight is 299 g/mol. The van der Waals surface area contributed by atoms with Gasteiger partial charge in [0, 0.05) is 6.54 Å². The highest BCUT2D eigenvalue weighted by atomic mass is 19.4. The minimum atomic E-state index is -4.25. The first-order valence-corrected chi connectivity index (χ1v) is 7.82. The van der Waals surface area contributed by atoms with Crippen molar-refractivity contribution < 1.29 is 13.2 Å². The van der Waals surface area contributed by atoms with Crippen LogP contribution in [0.1, 0.15) is 50.2 Å². The molecule has 2 unspecified atom stereocenters. The number of rotatable bonds is 5. The summed E-state index contributed by atoms with van der Waals surface area (Å²) in [6.45, 7) is 3.90. The van der Waals surface area contributed by atoms with E-state index in [-0.39, 0.29) is 0 Å². The Morgan fingerprint density at radius 3 is 2.48 bits per heavy atom. The number of alkyl halides is 3. The van der Waals surface area contributed by atoms with Gasteiger partial charge in [0.15, 0.2) is 0 Å². The molecule has 4 heteroatoms. The molecular formula is C17H24F3N. The molecule has 0 spiro atoms. The van der Waals surface area contributed by atoms with Crippen molar-refractivity contribution in [2.24, 2.45) is 11.8 Å². The van der Waals surface area contributed by atoms with Crippen LogP contribution in [0.5, 0.6) is 0 Å². The van der Waals surface area contributed by atoms with E-state index in [0.29, 0.717) is 6.54 Å². The summed E-state index contributed by atoms with van der Waals surface area (Å²) in [5.74, 6) is 1.66. The molecule has 0 heterocycles. The minimum Gasteiger partial charge on any atom is -0.313 e. The third-order valence-corrected chi connectivity index (χ3v) is 4.38. The molecule has 0 aliphatic heterocycles. The Hall–Kier alpha value is -1.03. The molecule has 2 rings (SSSR count). The third kappa shape index (κ3) is 5.34. The van der Waals surface area contributed by atoms with Crippen LogP contribution in [0.3, 0.4) is 0 Å². The maximum atomic E-state index is 12.4. The van der Waals surface area contributed by atoms with Crippen LogP contribution in [0.25, 0.3) is 0 Å². The fraction of sp³-hybridized carbons (Fsp3) is 0.647. The topological polar surface area (TPSA) is 12.0 Å². The standard InChI is InChI=1S/C17H24F3N/c1-13-3-2-4-14(11-13)9-10-21-12-15-5-7-16(8-6-15)17(18,19)20/h5-8,13-14,21H,2-4,9-12H2,1H3. The van der Waals surface area contributed by atoms with Gasteiger partial charge in [0.25, 0.3) is 0 Å². The third-order valence-electron chi connectivity index (χ3n) is 4.38. The molecule has 1 aliphatic carbocycles. The van der Waals surface area contributed by atoms with Crippen LogP contribution < -0.4 is 5.32 Å². The Morgan fingerprint density at radius 2 is 1.86 bits per heavy atom. The predicted octanol–water partition coefficient (Wildman–Crippen LogP) is 5.01. The zero-order chi connectivity index (χ0) is 15.3. The lowest BCUT2D eigenvalue weighted by Crippen LogP contribution is -2.21. The Bertz CT molecular complexity index is 425. The van der Waals surface area contributed by atoms with Gasteiger partial charge in [-0.25, -0.2) is 0 Å². The fourth-order valence-corrected chi connectivity index (χ4v) is 3.17. The van der Waals surface area contributed by atoms with Gasteiger partial charge in [0.2, 0.25) is 0 Å². The zero-order valence-electron chi connectivity index (χ0n) is 12.5. The molecule has 0 saturated heterocycles. The summed E-state index contributed by atoms with van der Waals surface area (Å²) in [7, 11) is 0. The van der Waals surface area contributed by atoms with Gasteiger partial charge in [-0.15, -0.1) is 0 Å². The second-order valence-electron chi connectivity index (χ2n) is 6.30. The van der Waals surface area contributed by atoms with Crippen LogP contribution in [0.4, 0.5) is 13.2 Å². The first kappa shape index (κ1) is 16.3. The van der Waals surface area contributed by atoms with Gasteiger partial charge in [-0.3, -0.25) is 0 Å². The predicted molar refractivity (Wildman–Crippen MR) is 78.9 cm³/mol. The van der Waals surface area contributed by atoms with Crippen LogP contribution in [-0.2, 0) is 12.7 Å². The summed E-state index contributed by atoms with van der Waals surface area (Å²) in [6.07, 6.45) is 2.27. The molecule has 1 N–H and O–H groups in total. The number of halogens is 3. The molecule has 1 aromatic carbocycles. The van der Waals surface area contributed by atoms with E-state index >= 15 is 0 Å². The van der Waals surface area contributed by atoms with Crippen LogP contribution in [0.15, 0.2) is 24.3 Å². The Labute approximate surface area is 124 Å². The van der Waals surface area contributed by atoms with Crippen molar-refractivity contribution in [3.05, 3.63) is 35.4 Å². The van der Waals surface area contributed by atoms with Crippen molar-refractivity contribution in [2.75, 3.05) is 6.54 Å². The van der Waals surface area contributed by atoms with E-state index in [9.17, 15) is 13.2 Å². The largest absolute Gasteiger partial charge is 0.416 e. The highest BCUT2D eigenvalue weighted by Gasteiger charge is 2.29. The molecular weight excluding hydrogens is 275 g/mol. The van der Waals surface area contributed by atoms with E-state index in [1.165, 1.54) is 32.1 Å². The van der Waals surface area contributed by atoms with Crippen LogP contribution in [-0.4, -0.2) is 6.54 Å². The Morgan fingerprint density at radius 1 is 1.14 bits per heavy atom. The van der Waals surface area contributed by atoms with Crippen molar-refractivity contribution in [1.82, 2.24) is 5.32 Å². The lowest BCUT2D eigenvalue weighted by molar-refractivity contribution is -0.137. The summed E-state index contributed by atoms with van der Waals surface area (Å²) in [5.41, 5.74) is 0.322. The van der Waals surface area contributed by atoms with Crippen molar-refractivity contribution >= 4 is 0 Å². The molecule has 0 radical (unpaired) electrons. The monoisotopic (exact) mass is 299 g/mol. The summed E-state index contributed by atoms with van der Waals surface area (Å²) >= 11 is 0. The summed E-state index contributed by atoms with van der Waals surface area (Å²) in [4.78, 5) is 0. The average Bonchev–Trinajstić information content (AvgIpc) is 2.43. The number of nitrogens with one attached hydrogen (secondary N) is 1. The van der Waals surface area contributed by atoms with Gasteiger partial charge < -0.3 is 5.32 Å². The maximum Gasteiger partial charge on any atom is 0.416 e. The second kappa shape index (κ2) is 7.30. The van der Waals surface area contributed by atoms with Gasteiger partial charge in [-0.05, 0) is 48.9 Å². The first-order chi connectivity index (χ1) is 9.95. The molecule has 0 aromatic heterocycles. The molecule has 1 saturated carbocycles. The van der Waals surface area contributed by atoms with Crippen molar-refractivity contribution in [3.8, 4) is 0 Å². The van der Waals surface area contributed by atoms with Gasteiger partial charge in [0.1, 0.15) is 0 Å². The maximum absolute atomic E-state index is 12.4. The van der Waals surface area contributed by atoms with Gasteiger partial charge in [-0.2, -0.15) is 13.2 Å². The van der Waals surface area contributed by atoms with Crippen LogP contribution in [0.2, 0.25) is 0 Å². The molecule has 0 amide bonds. The summed E-state index contributed by atoms with van der Waals surface area (Å²) < 4.78 is 37.3. The summed E-state index contributed by atoms with van der Waals surface area (Å²) in [6, 6.07) is 5.41. The van der Waals surface area contributed by atoms with Crippen molar-refractivity contribution in [1.29, 1.82) is 0 Å². The van der Waals surface area contributed by atoms with E-state index in [0.717, 1.165) is 36.1 Å². The molecule has 2 atom stereocenters. The molecule has 1 nitrogen and oxygen atoms in total. The summed E-state index contributed by atoms with van der Waals surface area (Å²) in [5, 5.41) is 3.34. The number of benzene rings is 1. The van der Waals surface area contributed by atoms with Crippen LogP contribution >= 0.6 is 0 Å². The van der Waals surface area contributed by atoms with Crippen LogP contribution in [0, 0.1) is 11.8 Å². The van der Waals surface area contributed by atoms with Crippen molar-refractivity contribution in [3.63, 3.8) is 0 Å². The van der Waals surface area contributed by atoms with E-state index in [4.69, 9.17) is 0 Å². The van der Waals surface area contributed by atoms with Crippen molar-refractivity contribution in [2.45, 2.75) is 51.7 Å². The second-order valence-corrected chi connectivity index (χ2v) is 6.30. The Kier molecular flexibility index (Phi) is 5.68.